The Labute approximate surface area is 139 Å². The number of aromatic nitrogens is 2. The number of aliphatic carboxylic acids is 1. The van der Waals surface area contributed by atoms with E-state index in [1.165, 1.54) is 6.20 Å². The minimum atomic E-state index is -0.952. The third-order valence-electron chi connectivity index (χ3n) is 3.82. The quantitative estimate of drug-likeness (QED) is 0.879. The van der Waals surface area contributed by atoms with Gasteiger partial charge >= 0.3 is 5.97 Å². The van der Waals surface area contributed by atoms with Gasteiger partial charge in [-0.1, -0.05) is 11.6 Å². The van der Waals surface area contributed by atoms with Gasteiger partial charge in [0.2, 0.25) is 0 Å². The normalized spacial score (nSPS) is 13.4. The van der Waals surface area contributed by atoms with E-state index in [0.29, 0.717) is 16.3 Å². The van der Waals surface area contributed by atoms with Gasteiger partial charge < -0.3 is 10.4 Å². The molecule has 2 N–H and O–H groups in total. The number of amides is 1. The van der Waals surface area contributed by atoms with Crippen LogP contribution in [0.1, 0.15) is 29.9 Å². The Morgan fingerprint density at radius 1 is 1.26 bits per heavy atom. The first kappa shape index (κ1) is 17.0. The third-order valence-corrected chi connectivity index (χ3v) is 4.08. The smallest absolute Gasteiger partial charge is 0.308 e. The summed E-state index contributed by atoms with van der Waals surface area (Å²) in [4.78, 5) is 23.3. The van der Waals surface area contributed by atoms with E-state index in [1.54, 1.807) is 49.7 Å². The Bertz CT molecular complexity index is 725. The lowest BCUT2D eigenvalue weighted by atomic mass is 10.0. The minimum absolute atomic E-state index is 0.344. The van der Waals surface area contributed by atoms with Gasteiger partial charge in [0.05, 0.1) is 29.1 Å². The number of carboxylic acids is 1. The van der Waals surface area contributed by atoms with Crippen LogP contribution in [0.4, 0.5) is 0 Å². The van der Waals surface area contributed by atoms with Crippen molar-refractivity contribution in [2.75, 3.05) is 0 Å². The van der Waals surface area contributed by atoms with Crippen LogP contribution in [0, 0.1) is 12.8 Å². The number of nitrogens with zero attached hydrogens (tertiary/aromatic N) is 2. The van der Waals surface area contributed by atoms with Crippen molar-refractivity contribution in [2.24, 2.45) is 5.92 Å². The van der Waals surface area contributed by atoms with Gasteiger partial charge in [-0.15, -0.1) is 0 Å². The Morgan fingerprint density at radius 3 is 2.43 bits per heavy atom. The number of carboxylic acid groups (broad SMARTS) is 1. The molecule has 0 saturated carbocycles. The molecule has 2 unspecified atom stereocenters. The monoisotopic (exact) mass is 335 g/mol. The lowest BCUT2D eigenvalue weighted by molar-refractivity contribution is -0.141. The van der Waals surface area contributed by atoms with Crippen LogP contribution in [-0.2, 0) is 4.79 Å². The van der Waals surface area contributed by atoms with Gasteiger partial charge in [-0.25, -0.2) is 4.68 Å². The third kappa shape index (κ3) is 3.71. The summed E-state index contributed by atoms with van der Waals surface area (Å²) < 4.78 is 1.64. The fraction of sp³-hybridized carbons (Fsp3) is 0.312. The average molecular weight is 336 g/mol. The van der Waals surface area contributed by atoms with E-state index < -0.39 is 17.9 Å². The molecule has 2 aromatic rings. The second-order valence-corrected chi connectivity index (χ2v) is 5.86. The first-order valence-corrected chi connectivity index (χ1v) is 7.53. The molecule has 122 valence electrons. The molecule has 0 aliphatic rings. The molecular weight excluding hydrogens is 318 g/mol. The standard InChI is InChI=1S/C16H18ClN3O3/c1-9(16(22)23)10(2)19-15(21)14-8-18-20(11(14)3)13-6-4-12(17)5-7-13/h4-10H,1-3H3,(H,19,21)(H,22,23). The van der Waals surface area contributed by atoms with Crippen molar-refractivity contribution in [2.45, 2.75) is 26.8 Å². The minimum Gasteiger partial charge on any atom is -0.481 e. The van der Waals surface area contributed by atoms with E-state index in [-0.39, 0.29) is 5.91 Å². The molecule has 23 heavy (non-hydrogen) atoms. The van der Waals surface area contributed by atoms with E-state index >= 15 is 0 Å². The predicted octanol–water partition coefficient (Wildman–Crippen LogP) is 2.67. The maximum Gasteiger partial charge on any atom is 0.308 e. The van der Waals surface area contributed by atoms with Crippen LogP contribution < -0.4 is 5.32 Å². The van der Waals surface area contributed by atoms with E-state index in [1.807, 2.05) is 0 Å². The summed E-state index contributed by atoms with van der Waals surface area (Å²) in [6.07, 6.45) is 1.47. The Morgan fingerprint density at radius 2 is 1.87 bits per heavy atom. The molecule has 2 rings (SSSR count). The number of hydrogen-bond acceptors (Lipinski definition) is 3. The molecule has 0 bridgehead atoms. The van der Waals surface area contributed by atoms with Crippen molar-refractivity contribution in [1.29, 1.82) is 0 Å². The van der Waals surface area contributed by atoms with Crippen molar-refractivity contribution in [3.8, 4) is 5.69 Å². The Kier molecular flexibility index (Phi) is 5.05. The van der Waals surface area contributed by atoms with Gasteiger partial charge in [0.1, 0.15) is 0 Å². The zero-order valence-corrected chi connectivity index (χ0v) is 13.8. The molecule has 6 nitrogen and oxygen atoms in total. The van der Waals surface area contributed by atoms with Crippen LogP contribution >= 0.6 is 11.6 Å². The largest absolute Gasteiger partial charge is 0.481 e. The van der Waals surface area contributed by atoms with Crippen LogP contribution in [0.5, 0.6) is 0 Å². The van der Waals surface area contributed by atoms with Crippen molar-refractivity contribution in [3.63, 3.8) is 0 Å². The molecular formula is C16H18ClN3O3. The van der Waals surface area contributed by atoms with Gasteiger partial charge in [0.15, 0.2) is 0 Å². The molecule has 0 fully saturated rings. The summed E-state index contributed by atoms with van der Waals surface area (Å²) >= 11 is 5.87. The number of benzene rings is 1. The SMILES string of the molecule is Cc1c(C(=O)NC(C)C(C)C(=O)O)cnn1-c1ccc(Cl)cc1. The highest BCUT2D eigenvalue weighted by Gasteiger charge is 2.23. The molecule has 1 amide bonds. The molecule has 2 atom stereocenters. The summed E-state index contributed by atoms with van der Waals surface area (Å²) in [5.74, 6) is -1.97. The van der Waals surface area contributed by atoms with Crippen molar-refractivity contribution in [1.82, 2.24) is 15.1 Å². The summed E-state index contributed by atoms with van der Waals surface area (Å²) in [7, 11) is 0. The molecule has 1 heterocycles. The van der Waals surface area contributed by atoms with E-state index in [2.05, 4.69) is 10.4 Å². The highest BCUT2D eigenvalue weighted by Crippen LogP contribution is 2.17. The molecule has 0 spiro atoms. The van der Waals surface area contributed by atoms with Gasteiger partial charge in [-0.2, -0.15) is 5.10 Å². The van der Waals surface area contributed by atoms with Crippen LogP contribution in [0.3, 0.4) is 0 Å². The number of carbonyl (C=O) groups is 2. The molecule has 7 heteroatoms. The number of halogens is 1. The fourth-order valence-electron chi connectivity index (χ4n) is 2.10. The van der Waals surface area contributed by atoms with Crippen molar-refractivity contribution in [3.05, 3.63) is 46.7 Å². The van der Waals surface area contributed by atoms with Crippen LogP contribution in [0.2, 0.25) is 5.02 Å². The zero-order chi connectivity index (χ0) is 17.1. The molecule has 1 aromatic carbocycles. The summed E-state index contributed by atoms with van der Waals surface area (Å²) in [6.45, 7) is 4.99. The van der Waals surface area contributed by atoms with Gasteiger partial charge in [-0.05, 0) is 45.0 Å². The first-order valence-electron chi connectivity index (χ1n) is 7.15. The molecule has 0 radical (unpaired) electrons. The number of carbonyl (C=O) groups excluding carboxylic acids is 1. The lowest BCUT2D eigenvalue weighted by Gasteiger charge is -2.17. The fourth-order valence-corrected chi connectivity index (χ4v) is 2.22. The maximum absolute atomic E-state index is 12.3. The first-order chi connectivity index (χ1) is 10.8. The summed E-state index contributed by atoms with van der Waals surface area (Å²) in [5, 5.41) is 16.5. The van der Waals surface area contributed by atoms with E-state index in [0.717, 1.165) is 5.69 Å². The van der Waals surface area contributed by atoms with E-state index in [9.17, 15) is 9.59 Å². The molecule has 0 saturated heterocycles. The van der Waals surface area contributed by atoms with Crippen LogP contribution in [0.25, 0.3) is 5.69 Å². The molecule has 1 aromatic heterocycles. The van der Waals surface area contributed by atoms with Crippen molar-refractivity contribution < 1.29 is 14.7 Å². The zero-order valence-electron chi connectivity index (χ0n) is 13.1. The van der Waals surface area contributed by atoms with Gasteiger partial charge in [-0.3, -0.25) is 9.59 Å². The maximum atomic E-state index is 12.3. The van der Waals surface area contributed by atoms with E-state index in [4.69, 9.17) is 16.7 Å². The summed E-state index contributed by atoms with van der Waals surface area (Å²) in [6, 6.07) is 6.61. The van der Waals surface area contributed by atoms with Gasteiger partial charge in [0.25, 0.3) is 5.91 Å². The Balaban J connectivity index is 2.20. The molecule has 0 aliphatic carbocycles. The number of hydrogen-bond donors (Lipinski definition) is 2. The second kappa shape index (κ2) is 6.83. The van der Waals surface area contributed by atoms with Crippen molar-refractivity contribution >= 4 is 23.5 Å². The summed E-state index contributed by atoms with van der Waals surface area (Å²) in [5.41, 5.74) is 1.86. The molecule has 0 aliphatic heterocycles. The predicted molar refractivity (Wildman–Crippen MR) is 87.0 cm³/mol. The second-order valence-electron chi connectivity index (χ2n) is 5.42. The highest BCUT2D eigenvalue weighted by atomic mass is 35.5. The topological polar surface area (TPSA) is 84.2 Å². The lowest BCUT2D eigenvalue weighted by Crippen LogP contribution is -2.40. The number of rotatable bonds is 5. The Hall–Kier alpha value is -2.34. The average Bonchev–Trinajstić information content (AvgIpc) is 2.88. The van der Waals surface area contributed by atoms with Crippen LogP contribution in [-0.4, -0.2) is 32.8 Å². The number of nitrogens with one attached hydrogen (secondary N) is 1. The highest BCUT2D eigenvalue weighted by molar-refractivity contribution is 6.30. The van der Waals surface area contributed by atoms with Crippen LogP contribution in [0.15, 0.2) is 30.5 Å². The van der Waals surface area contributed by atoms with Gasteiger partial charge in [0, 0.05) is 11.1 Å².